The molecule has 0 aliphatic heterocycles. The van der Waals surface area contributed by atoms with E-state index in [1.807, 2.05) is 0 Å². The Bertz CT molecular complexity index is 1620. The lowest BCUT2D eigenvalue weighted by molar-refractivity contribution is -0.274. The van der Waals surface area contributed by atoms with E-state index in [9.17, 15) is 27.6 Å². The van der Waals surface area contributed by atoms with Crippen LogP contribution in [0.2, 0.25) is 5.02 Å². The van der Waals surface area contributed by atoms with Gasteiger partial charge in [0.1, 0.15) is 17.3 Å². The minimum Gasteiger partial charge on any atom is -0.425 e. The van der Waals surface area contributed by atoms with Gasteiger partial charge in [0.2, 0.25) is 0 Å². The average molecular weight is 565 g/mol. The van der Waals surface area contributed by atoms with Crippen molar-refractivity contribution in [1.82, 2.24) is 18.7 Å². The zero-order chi connectivity index (χ0) is 28.3. The van der Waals surface area contributed by atoms with Crippen molar-refractivity contribution in [2.24, 2.45) is 7.05 Å². The minimum absolute atomic E-state index is 0.0150. The van der Waals surface area contributed by atoms with Gasteiger partial charge < -0.3 is 9.47 Å². The number of ether oxygens (including phenoxy) is 2. The molecule has 0 aliphatic rings. The molecule has 0 aliphatic carbocycles. The molecule has 0 unspecified atom stereocenters. The Morgan fingerprint density at radius 2 is 1.74 bits per heavy atom. The van der Waals surface area contributed by atoms with E-state index in [-0.39, 0.29) is 48.2 Å². The highest BCUT2D eigenvalue weighted by molar-refractivity contribution is 6.30. The van der Waals surface area contributed by atoms with Gasteiger partial charge in [0, 0.05) is 37.5 Å². The Balaban J connectivity index is 1.82. The second-order valence-corrected chi connectivity index (χ2v) is 9.13. The minimum atomic E-state index is -4.90. The Hall–Kier alpha value is -4.06. The standard InChI is InChI=1S/C26H24ClF3N4O5/c1-3-18(35)6-5-13-33-23(36)21-22(32(2)25(33)37)31-24(34(21)15-16-9-11-17(27)12-10-16)38-19-7-4-8-20(14-19)39-26(28,29)30/h4,7-12,14H,3,5-6,13,15H2,1-2H3. The molecule has 0 N–H and O–H groups in total. The lowest BCUT2D eigenvalue weighted by atomic mass is 10.2. The first-order valence-corrected chi connectivity index (χ1v) is 12.3. The van der Waals surface area contributed by atoms with Crippen LogP contribution in [0, 0.1) is 0 Å². The quantitative estimate of drug-likeness (QED) is 0.267. The summed E-state index contributed by atoms with van der Waals surface area (Å²) in [5, 5.41) is 0.499. The van der Waals surface area contributed by atoms with Gasteiger partial charge in [0.15, 0.2) is 11.2 Å². The van der Waals surface area contributed by atoms with Crippen molar-refractivity contribution >= 4 is 28.5 Å². The van der Waals surface area contributed by atoms with Crippen LogP contribution < -0.4 is 20.7 Å². The highest BCUT2D eigenvalue weighted by Gasteiger charge is 2.31. The van der Waals surface area contributed by atoms with Gasteiger partial charge in [-0.25, -0.2) is 4.79 Å². The highest BCUT2D eigenvalue weighted by atomic mass is 35.5. The molecule has 9 nitrogen and oxygen atoms in total. The Labute approximate surface area is 225 Å². The third-order valence-electron chi connectivity index (χ3n) is 5.93. The number of hydrogen-bond donors (Lipinski definition) is 0. The summed E-state index contributed by atoms with van der Waals surface area (Å²) in [5.41, 5.74) is -0.475. The Kier molecular flexibility index (Phi) is 8.14. The fourth-order valence-electron chi connectivity index (χ4n) is 4.00. The van der Waals surface area contributed by atoms with Gasteiger partial charge in [0.25, 0.3) is 5.56 Å². The summed E-state index contributed by atoms with van der Waals surface area (Å²) in [5.74, 6) is -0.522. The van der Waals surface area contributed by atoms with Crippen molar-refractivity contribution in [3.8, 4) is 17.5 Å². The number of aryl methyl sites for hydroxylation is 1. The molecular formula is C26H24ClF3N4O5. The summed E-state index contributed by atoms with van der Waals surface area (Å²) in [6, 6.07) is 11.5. The van der Waals surface area contributed by atoms with Crippen LogP contribution in [-0.4, -0.2) is 30.8 Å². The maximum Gasteiger partial charge on any atom is 0.573 e. The number of alkyl halides is 3. The van der Waals surface area contributed by atoms with Crippen LogP contribution in [0.5, 0.6) is 17.5 Å². The number of carbonyl (C=O) groups is 1. The molecule has 0 saturated heterocycles. The van der Waals surface area contributed by atoms with E-state index in [0.717, 1.165) is 16.7 Å². The molecule has 4 aromatic rings. The summed E-state index contributed by atoms with van der Waals surface area (Å²) in [4.78, 5) is 42.7. The number of carbonyl (C=O) groups excluding carboxylic acids is 1. The van der Waals surface area contributed by atoms with Gasteiger partial charge in [-0.2, -0.15) is 4.98 Å². The molecule has 0 atom stereocenters. The maximum atomic E-state index is 13.6. The third kappa shape index (κ3) is 6.51. The second-order valence-electron chi connectivity index (χ2n) is 8.70. The van der Waals surface area contributed by atoms with Crippen LogP contribution in [0.3, 0.4) is 0 Å². The van der Waals surface area contributed by atoms with Crippen LogP contribution in [0.1, 0.15) is 31.7 Å². The molecule has 2 aromatic heterocycles. The van der Waals surface area contributed by atoms with Crippen LogP contribution in [0.15, 0.2) is 58.1 Å². The zero-order valence-electron chi connectivity index (χ0n) is 21.0. The second kappa shape index (κ2) is 11.4. The van der Waals surface area contributed by atoms with Gasteiger partial charge in [-0.1, -0.05) is 36.7 Å². The monoisotopic (exact) mass is 564 g/mol. The van der Waals surface area contributed by atoms with E-state index in [2.05, 4.69) is 9.72 Å². The third-order valence-corrected chi connectivity index (χ3v) is 6.18. The van der Waals surface area contributed by atoms with E-state index >= 15 is 0 Å². The number of rotatable bonds is 10. The predicted molar refractivity (Wildman–Crippen MR) is 138 cm³/mol. The molecule has 0 bridgehead atoms. The van der Waals surface area contributed by atoms with Crippen LogP contribution in [0.25, 0.3) is 11.2 Å². The van der Waals surface area contributed by atoms with Crippen LogP contribution >= 0.6 is 11.6 Å². The van der Waals surface area contributed by atoms with E-state index in [1.165, 1.54) is 28.3 Å². The van der Waals surface area contributed by atoms with Crippen LogP contribution in [0.4, 0.5) is 13.2 Å². The van der Waals surface area contributed by atoms with E-state index in [0.29, 0.717) is 23.4 Å². The number of imidazole rings is 1. The van der Waals surface area contributed by atoms with Crippen molar-refractivity contribution in [2.45, 2.75) is 45.6 Å². The van der Waals surface area contributed by atoms with E-state index in [4.69, 9.17) is 16.3 Å². The van der Waals surface area contributed by atoms with Gasteiger partial charge >= 0.3 is 18.1 Å². The molecule has 206 valence electrons. The fourth-order valence-corrected chi connectivity index (χ4v) is 4.12. The first-order chi connectivity index (χ1) is 18.5. The molecule has 2 aromatic carbocycles. The number of hydrogen-bond acceptors (Lipinski definition) is 6. The van der Waals surface area contributed by atoms with Gasteiger partial charge in [-0.3, -0.25) is 23.3 Å². The summed E-state index contributed by atoms with van der Waals surface area (Å²) < 4.78 is 51.6. The SMILES string of the molecule is CCC(=O)CCCn1c(=O)c2c(nc(Oc3cccc(OC(F)(F)F)c3)n2Cc2ccc(Cl)cc2)n(C)c1=O. The predicted octanol–water partition coefficient (Wildman–Crippen LogP) is 5.05. The average Bonchev–Trinajstić information content (AvgIpc) is 3.23. The molecule has 2 heterocycles. The van der Waals surface area contributed by atoms with Crippen molar-refractivity contribution in [3.05, 3.63) is 80.0 Å². The molecule has 0 radical (unpaired) electrons. The number of fused-ring (bicyclic) bond motifs is 1. The lowest BCUT2D eigenvalue weighted by Crippen LogP contribution is -2.39. The number of aromatic nitrogens is 4. The molecule has 39 heavy (non-hydrogen) atoms. The number of ketones is 1. The van der Waals surface area contributed by atoms with Crippen molar-refractivity contribution in [3.63, 3.8) is 0 Å². The number of halogens is 4. The summed E-state index contributed by atoms with van der Waals surface area (Å²) >= 11 is 6.00. The molecule has 0 fully saturated rings. The molecular weight excluding hydrogens is 541 g/mol. The molecule has 4 rings (SSSR count). The molecule has 0 amide bonds. The summed E-state index contributed by atoms with van der Waals surface area (Å²) in [6.07, 6.45) is -4.02. The number of benzene rings is 2. The first kappa shape index (κ1) is 28.0. The Morgan fingerprint density at radius 3 is 2.41 bits per heavy atom. The zero-order valence-corrected chi connectivity index (χ0v) is 21.8. The van der Waals surface area contributed by atoms with E-state index < -0.39 is 23.4 Å². The number of nitrogens with zero attached hydrogens (tertiary/aromatic N) is 4. The normalized spacial score (nSPS) is 11.6. The number of Topliss-reactive ketones (excluding diaryl/α,β-unsaturated/α-hetero) is 1. The molecule has 13 heteroatoms. The smallest absolute Gasteiger partial charge is 0.425 e. The molecule has 0 saturated carbocycles. The lowest BCUT2D eigenvalue weighted by Gasteiger charge is -2.12. The Morgan fingerprint density at radius 1 is 1.05 bits per heavy atom. The maximum absolute atomic E-state index is 13.6. The van der Waals surface area contributed by atoms with Gasteiger partial charge in [-0.05, 0) is 36.2 Å². The topological polar surface area (TPSA) is 97.3 Å². The van der Waals surface area contributed by atoms with Gasteiger partial charge in [0.05, 0.1) is 6.54 Å². The largest absolute Gasteiger partial charge is 0.573 e. The van der Waals surface area contributed by atoms with Crippen molar-refractivity contribution in [1.29, 1.82) is 0 Å². The van der Waals surface area contributed by atoms with Gasteiger partial charge in [-0.15, -0.1) is 13.2 Å². The van der Waals surface area contributed by atoms with Crippen LogP contribution in [-0.2, 0) is 24.9 Å². The first-order valence-electron chi connectivity index (χ1n) is 12.0. The molecule has 0 spiro atoms. The summed E-state index contributed by atoms with van der Waals surface area (Å²) in [7, 11) is 1.44. The summed E-state index contributed by atoms with van der Waals surface area (Å²) in [6.45, 7) is 1.83. The highest BCUT2D eigenvalue weighted by Crippen LogP contribution is 2.30. The fraction of sp³-hybridized carbons (Fsp3) is 0.308. The van der Waals surface area contributed by atoms with Crippen molar-refractivity contribution < 1.29 is 27.4 Å². The van der Waals surface area contributed by atoms with Crippen molar-refractivity contribution in [2.75, 3.05) is 0 Å². The van der Waals surface area contributed by atoms with E-state index in [1.54, 1.807) is 31.2 Å².